The van der Waals surface area contributed by atoms with E-state index in [0.717, 1.165) is 40.9 Å². The fraction of sp³-hybridized carbons (Fsp3) is 0.600. The SMILES string of the molecule is Cc1noc(C2C(NS(=O)(=O)NC(=O)Cc3cc(C(C)C)cc(C(C)C)c3)CCCN2C)c1C. The number of aryl methyl sites for hydroxylation is 1. The van der Waals surface area contributed by atoms with E-state index in [2.05, 4.69) is 53.3 Å². The van der Waals surface area contributed by atoms with Crippen LogP contribution in [0.15, 0.2) is 22.7 Å². The van der Waals surface area contributed by atoms with E-state index in [-0.39, 0.29) is 12.5 Å². The third-order valence-electron chi connectivity index (χ3n) is 6.63. The van der Waals surface area contributed by atoms with Crippen LogP contribution in [0.4, 0.5) is 0 Å². The van der Waals surface area contributed by atoms with Crippen molar-refractivity contribution >= 4 is 16.1 Å². The Morgan fingerprint density at radius 2 is 1.76 bits per heavy atom. The Balaban J connectivity index is 1.74. The number of amides is 1. The molecular formula is C25H38N4O4S. The minimum atomic E-state index is -4.06. The number of rotatable bonds is 8. The molecule has 1 aromatic heterocycles. The molecule has 0 bridgehead atoms. The maximum atomic E-state index is 12.9. The van der Waals surface area contributed by atoms with Crippen LogP contribution in [-0.2, 0) is 21.4 Å². The van der Waals surface area contributed by atoms with Gasteiger partial charge in [-0.25, -0.2) is 4.72 Å². The Labute approximate surface area is 203 Å². The summed E-state index contributed by atoms with van der Waals surface area (Å²) in [6, 6.07) is 5.39. The molecule has 1 saturated heterocycles. The van der Waals surface area contributed by atoms with Crippen LogP contribution in [0.5, 0.6) is 0 Å². The van der Waals surface area contributed by atoms with E-state index < -0.39 is 22.2 Å². The van der Waals surface area contributed by atoms with Gasteiger partial charge in [0.2, 0.25) is 5.91 Å². The number of hydrogen-bond donors (Lipinski definition) is 2. The molecule has 2 N–H and O–H groups in total. The second kappa shape index (κ2) is 10.6. The molecule has 1 aliphatic heterocycles. The number of benzene rings is 1. The Bertz CT molecular complexity index is 1100. The zero-order chi connectivity index (χ0) is 25.2. The third kappa shape index (κ3) is 6.25. The van der Waals surface area contributed by atoms with Crippen molar-refractivity contribution in [3.8, 4) is 0 Å². The molecule has 0 aliphatic carbocycles. The zero-order valence-electron chi connectivity index (χ0n) is 21.3. The van der Waals surface area contributed by atoms with E-state index in [0.29, 0.717) is 24.0 Å². The van der Waals surface area contributed by atoms with Crippen LogP contribution >= 0.6 is 0 Å². The lowest BCUT2D eigenvalue weighted by Gasteiger charge is -2.38. The van der Waals surface area contributed by atoms with Gasteiger partial charge >= 0.3 is 10.2 Å². The van der Waals surface area contributed by atoms with Gasteiger partial charge in [0.15, 0.2) is 5.76 Å². The highest BCUT2D eigenvalue weighted by atomic mass is 32.2. The molecule has 9 heteroatoms. The minimum absolute atomic E-state index is 0.00437. The van der Waals surface area contributed by atoms with Crippen LogP contribution in [0.1, 0.15) is 92.1 Å². The second-order valence-corrected chi connectivity index (χ2v) is 11.5. The molecule has 1 aromatic carbocycles. The fourth-order valence-electron chi connectivity index (χ4n) is 4.49. The number of hydrogen-bond acceptors (Lipinski definition) is 6. The topological polar surface area (TPSA) is 105 Å². The molecule has 2 atom stereocenters. The van der Waals surface area contributed by atoms with Gasteiger partial charge in [0, 0.05) is 11.6 Å². The van der Waals surface area contributed by atoms with Gasteiger partial charge in [0.05, 0.1) is 18.2 Å². The Kier molecular flexibility index (Phi) is 8.21. The number of likely N-dealkylation sites (tertiary alicyclic amines) is 1. The van der Waals surface area contributed by atoms with Crippen molar-refractivity contribution in [3.63, 3.8) is 0 Å². The van der Waals surface area contributed by atoms with E-state index >= 15 is 0 Å². The second-order valence-electron chi connectivity index (χ2n) is 10.1. The van der Waals surface area contributed by atoms with Crippen LogP contribution in [-0.4, -0.2) is 44.0 Å². The molecule has 1 amide bonds. The van der Waals surface area contributed by atoms with E-state index in [9.17, 15) is 13.2 Å². The van der Waals surface area contributed by atoms with Gasteiger partial charge in [-0.2, -0.15) is 13.1 Å². The van der Waals surface area contributed by atoms with Crippen molar-refractivity contribution in [2.24, 2.45) is 0 Å². The molecule has 0 spiro atoms. The van der Waals surface area contributed by atoms with E-state index in [1.54, 1.807) is 0 Å². The molecule has 0 radical (unpaired) electrons. The Hall–Kier alpha value is -2.23. The summed E-state index contributed by atoms with van der Waals surface area (Å²) in [5.74, 6) is 0.726. The van der Waals surface area contributed by atoms with Crippen molar-refractivity contribution in [2.75, 3.05) is 13.6 Å². The van der Waals surface area contributed by atoms with Gasteiger partial charge in [-0.3, -0.25) is 9.69 Å². The normalized spacial score (nSPS) is 19.7. The number of aromatic nitrogens is 1. The Morgan fingerprint density at radius 1 is 1.15 bits per heavy atom. The lowest BCUT2D eigenvalue weighted by molar-refractivity contribution is -0.118. The predicted molar refractivity (Wildman–Crippen MR) is 133 cm³/mol. The standard InChI is InChI=1S/C25H38N4O4S/c1-15(2)20-11-19(12-21(14-20)16(3)4)13-23(30)28-34(31,32)27-22-9-8-10-29(7)24(22)25-17(5)18(6)26-33-25/h11-12,14-16,22,24,27H,8-10,13H2,1-7H3,(H,28,30). The van der Waals surface area contributed by atoms with Gasteiger partial charge in [-0.1, -0.05) is 51.1 Å². The molecule has 1 aliphatic rings. The average molecular weight is 491 g/mol. The highest BCUT2D eigenvalue weighted by Gasteiger charge is 2.37. The monoisotopic (exact) mass is 490 g/mol. The maximum absolute atomic E-state index is 12.9. The van der Waals surface area contributed by atoms with Gasteiger partial charge in [0.25, 0.3) is 0 Å². The van der Waals surface area contributed by atoms with Crippen molar-refractivity contribution in [1.82, 2.24) is 19.5 Å². The maximum Gasteiger partial charge on any atom is 0.301 e. The minimum Gasteiger partial charge on any atom is -0.359 e. The highest BCUT2D eigenvalue weighted by molar-refractivity contribution is 7.88. The van der Waals surface area contributed by atoms with Gasteiger partial charge in [-0.05, 0) is 68.8 Å². The lowest BCUT2D eigenvalue weighted by Crippen LogP contribution is -2.52. The molecule has 1 fully saturated rings. The van der Waals surface area contributed by atoms with E-state index in [1.165, 1.54) is 0 Å². The van der Waals surface area contributed by atoms with Crippen LogP contribution in [0.2, 0.25) is 0 Å². The summed E-state index contributed by atoms with van der Waals surface area (Å²) in [6.07, 6.45) is 1.47. The van der Waals surface area contributed by atoms with E-state index in [1.807, 2.05) is 33.0 Å². The molecular weight excluding hydrogens is 452 g/mol. The smallest absolute Gasteiger partial charge is 0.301 e. The van der Waals surface area contributed by atoms with Crippen molar-refractivity contribution in [1.29, 1.82) is 0 Å². The molecule has 34 heavy (non-hydrogen) atoms. The van der Waals surface area contributed by atoms with Crippen LogP contribution in [0.3, 0.4) is 0 Å². The van der Waals surface area contributed by atoms with Crippen molar-refractivity contribution < 1.29 is 17.7 Å². The number of carbonyl (C=O) groups excluding carboxylic acids is 1. The molecule has 2 aromatic rings. The Morgan fingerprint density at radius 3 is 2.29 bits per heavy atom. The summed E-state index contributed by atoms with van der Waals surface area (Å²) in [5, 5.41) is 4.04. The van der Waals surface area contributed by atoms with Gasteiger partial charge in [-0.15, -0.1) is 0 Å². The molecule has 188 valence electrons. The lowest BCUT2D eigenvalue weighted by atomic mass is 9.92. The van der Waals surface area contributed by atoms with Gasteiger partial charge < -0.3 is 4.52 Å². The first-order valence-electron chi connectivity index (χ1n) is 12.0. The largest absolute Gasteiger partial charge is 0.359 e. The summed E-state index contributed by atoms with van der Waals surface area (Å²) >= 11 is 0. The summed E-state index contributed by atoms with van der Waals surface area (Å²) < 4.78 is 36.3. The quantitative estimate of drug-likeness (QED) is 0.582. The van der Waals surface area contributed by atoms with Gasteiger partial charge in [0.1, 0.15) is 0 Å². The highest BCUT2D eigenvalue weighted by Crippen LogP contribution is 2.33. The average Bonchev–Trinajstić information content (AvgIpc) is 3.05. The van der Waals surface area contributed by atoms with E-state index in [4.69, 9.17) is 4.52 Å². The first kappa shape index (κ1) is 26.4. The molecule has 2 unspecified atom stereocenters. The van der Waals surface area contributed by atoms with Crippen LogP contribution in [0, 0.1) is 13.8 Å². The fourth-order valence-corrected chi connectivity index (χ4v) is 5.57. The summed E-state index contributed by atoms with van der Waals surface area (Å²) in [4.78, 5) is 14.8. The molecule has 8 nitrogen and oxygen atoms in total. The molecule has 2 heterocycles. The first-order valence-corrected chi connectivity index (χ1v) is 13.5. The number of nitrogens with zero attached hydrogens (tertiary/aromatic N) is 2. The zero-order valence-corrected chi connectivity index (χ0v) is 22.1. The third-order valence-corrected chi connectivity index (χ3v) is 7.74. The number of carbonyl (C=O) groups is 1. The van der Waals surface area contributed by atoms with Crippen LogP contribution < -0.4 is 9.44 Å². The molecule has 0 saturated carbocycles. The summed E-state index contributed by atoms with van der Waals surface area (Å²) in [6.45, 7) is 13.0. The van der Waals surface area contributed by atoms with Crippen LogP contribution in [0.25, 0.3) is 0 Å². The number of piperidine rings is 1. The molecule has 3 rings (SSSR count). The summed E-state index contributed by atoms with van der Waals surface area (Å²) in [5.41, 5.74) is 4.79. The number of likely N-dealkylation sites (N-methyl/N-ethyl adjacent to an activating group) is 1. The van der Waals surface area contributed by atoms with Crippen molar-refractivity contribution in [2.45, 2.75) is 84.7 Å². The van der Waals surface area contributed by atoms with Crippen molar-refractivity contribution in [3.05, 3.63) is 51.9 Å². The number of nitrogens with one attached hydrogen (secondary N) is 2. The first-order chi connectivity index (χ1) is 15.9. The predicted octanol–water partition coefficient (Wildman–Crippen LogP) is 3.87. The summed E-state index contributed by atoms with van der Waals surface area (Å²) in [7, 11) is -2.12.